The van der Waals surface area contributed by atoms with Crippen molar-refractivity contribution in [3.8, 4) is 35.1 Å². The first-order valence-corrected chi connectivity index (χ1v) is 16.5. The quantitative estimate of drug-likeness (QED) is 0.127. The van der Waals surface area contributed by atoms with Gasteiger partial charge >= 0.3 is 11.9 Å². The van der Waals surface area contributed by atoms with E-state index in [9.17, 15) is 30.3 Å². The Bertz CT molecular complexity index is 2500. The normalized spacial score (nSPS) is 12.6. The lowest BCUT2D eigenvalue weighted by Gasteiger charge is -2.33. The second-order valence-electron chi connectivity index (χ2n) is 12.1. The maximum atomic E-state index is 13.0. The van der Waals surface area contributed by atoms with Crippen LogP contribution >= 0.6 is 46.4 Å². The van der Waals surface area contributed by atoms with Gasteiger partial charge in [-0.15, -0.1) is 10.2 Å². The number of benzene rings is 4. The van der Waals surface area contributed by atoms with Crippen molar-refractivity contribution in [2.45, 2.75) is 32.4 Å². The maximum Gasteiger partial charge on any atom is 0.329 e. The molecule has 2 N–H and O–H groups in total. The van der Waals surface area contributed by atoms with Crippen LogP contribution in [0.2, 0.25) is 20.1 Å². The molecule has 2 heterocycles. The van der Waals surface area contributed by atoms with E-state index in [1.54, 1.807) is 13.8 Å². The van der Waals surface area contributed by atoms with E-state index in [2.05, 4.69) is 20.6 Å². The van der Waals surface area contributed by atoms with Crippen molar-refractivity contribution in [2.75, 3.05) is 0 Å². The minimum atomic E-state index is -1.47. The zero-order chi connectivity index (χ0) is 37.5. The van der Waals surface area contributed by atoms with E-state index in [0.717, 1.165) is 9.36 Å². The Labute approximate surface area is 313 Å². The summed E-state index contributed by atoms with van der Waals surface area (Å²) in [6.07, 6.45) is -0.284. The van der Waals surface area contributed by atoms with Crippen LogP contribution in [0.1, 0.15) is 43.5 Å². The Morgan fingerprint density at radius 1 is 0.750 bits per heavy atom. The molecule has 2 unspecified atom stereocenters. The third-order valence-corrected chi connectivity index (χ3v) is 9.09. The number of nitriles is 2. The molecule has 0 amide bonds. The molecule has 18 heteroatoms. The van der Waals surface area contributed by atoms with Crippen LogP contribution < -0.4 is 9.47 Å². The molecular formula is C34H22Cl4N8O6. The van der Waals surface area contributed by atoms with Crippen molar-refractivity contribution in [3.63, 3.8) is 0 Å². The summed E-state index contributed by atoms with van der Waals surface area (Å²) in [6.45, 7) is 3.16. The fourth-order valence-corrected chi connectivity index (χ4v) is 6.63. The van der Waals surface area contributed by atoms with E-state index in [1.165, 1.54) is 60.7 Å². The summed E-state index contributed by atoms with van der Waals surface area (Å²) >= 11 is 25.2. The molecule has 14 nitrogen and oxygen atoms in total. The molecule has 0 bridgehead atoms. The van der Waals surface area contributed by atoms with Gasteiger partial charge in [0.15, 0.2) is 34.6 Å². The molecule has 262 valence electrons. The van der Waals surface area contributed by atoms with Crippen LogP contribution in [0.15, 0.2) is 60.7 Å². The largest absolute Gasteiger partial charge is 0.480 e. The lowest BCUT2D eigenvalue weighted by atomic mass is 9.78. The highest BCUT2D eigenvalue weighted by Crippen LogP contribution is 2.44. The van der Waals surface area contributed by atoms with Crippen molar-refractivity contribution < 1.29 is 29.3 Å². The summed E-state index contributed by atoms with van der Waals surface area (Å²) in [6, 6.07) is 15.8. The van der Waals surface area contributed by atoms with Gasteiger partial charge in [-0.3, -0.25) is 0 Å². The number of aliphatic carboxylic acids is 2. The van der Waals surface area contributed by atoms with Crippen molar-refractivity contribution in [1.29, 1.82) is 10.5 Å². The third kappa shape index (κ3) is 6.97. The van der Waals surface area contributed by atoms with Gasteiger partial charge in [-0.05, 0) is 67.1 Å². The van der Waals surface area contributed by atoms with Gasteiger partial charge < -0.3 is 19.7 Å². The molecule has 0 saturated heterocycles. The molecule has 6 aromatic rings. The number of ether oxygens (including phenoxy) is 2. The molecule has 0 radical (unpaired) electrons. The first-order valence-electron chi connectivity index (χ1n) is 15.0. The second-order valence-corrected chi connectivity index (χ2v) is 13.8. The topological polar surface area (TPSA) is 202 Å². The van der Waals surface area contributed by atoms with Gasteiger partial charge in [0.05, 0.1) is 44.3 Å². The van der Waals surface area contributed by atoms with Crippen LogP contribution in [0, 0.1) is 28.1 Å². The number of nitrogens with zero attached hydrogens (tertiary/aromatic N) is 8. The highest BCUT2D eigenvalue weighted by atomic mass is 35.5. The molecule has 6 rings (SSSR count). The highest BCUT2D eigenvalue weighted by Gasteiger charge is 2.43. The van der Waals surface area contributed by atoms with E-state index in [1.807, 2.05) is 12.1 Å². The molecule has 0 aliphatic rings. The fraction of sp³-hybridized carbons (Fsp3) is 0.176. The summed E-state index contributed by atoms with van der Waals surface area (Å²) < 4.78 is 14.2. The van der Waals surface area contributed by atoms with Gasteiger partial charge in [0.25, 0.3) is 0 Å². The highest BCUT2D eigenvalue weighted by molar-refractivity contribution is 6.33. The fourth-order valence-electron chi connectivity index (χ4n) is 5.80. The van der Waals surface area contributed by atoms with Crippen LogP contribution in [0.4, 0.5) is 0 Å². The Morgan fingerprint density at radius 2 is 1.21 bits per heavy atom. The van der Waals surface area contributed by atoms with E-state index in [4.69, 9.17) is 55.9 Å². The molecule has 0 saturated carbocycles. The number of carboxylic acid groups (broad SMARTS) is 2. The number of halogens is 4. The molecule has 2 aromatic heterocycles. The predicted octanol–water partition coefficient (Wildman–Crippen LogP) is 8.49. The lowest BCUT2D eigenvalue weighted by Crippen LogP contribution is -2.38. The second kappa shape index (κ2) is 14.2. The minimum Gasteiger partial charge on any atom is -0.480 e. The zero-order valence-electron chi connectivity index (χ0n) is 26.8. The molecule has 4 aromatic carbocycles. The number of hydrogen-bond donors (Lipinski definition) is 2. The lowest BCUT2D eigenvalue weighted by molar-refractivity contribution is -0.148. The SMILES string of the molecule is CC(C)(CC(C(=O)O)n1nnc2c(Oc3cc(Cl)cc(C#N)c3)c(Cl)ccc21)C(C(=O)O)n1nnc2c(Oc3cc(Cl)cc(C#N)c3)c(Cl)ccc21. The van der Waals surface area contributed by atoms with E-state index in [-0.39, 0.29) is 82.7 Å². The van der Waals surface area contributed by atoms with Gasteiger partial charge in [-0.25, -0.2) is 19.0 Å². The van der Waals surface area contributed by atoms with Crippen molar-refractivity contribution >= 4 is 80.4 Å². The van der Waals surface area contributed by atoms with Crippen LogP contribution in [0.5, 0.6) is 23.0 Å². The van der Waals surface area contributed by atoms with Crippen LogP contribution in [-0.4, -0.2) is 52.1 Å². The predicted molar refractivity (Wildman–Crippen MR) is 189 cm³/mol. The summed E-state index contributed by atoms with van der Waals surface area (Å²) in [5, 5.41) is 57.0. The van der Waals surface area contributed by atoms with Gasteiger partial charge in [0.1, 0.15) is 11.5 Å². The smallest absolute Gasteiger partial charge is 0.329 e. The minimum absolute atomic E-state index is 0.0364. The average Bonchev–Trinajstić information content (AvgIpc) is 3.70. The first kappa shape index (κ1) is 36.2. The van der Waals surface area contributed by atoms with E-state index >= 15 is 0 Å². The molecule has 0 fully saturated rings. The molecule has 52 heavy (non-hydrogen) atoms. The molecule has 0 aliphatic heterocycles. The molecule has 0 aliphatic carbocycles. The maximum absolute atomic E-state index is 13.0. The van der Waals surface area contributed by atoms with Crippen LogP contribution in [0.3, 0.4) is 0 Å². The Balaban J connectivity index is 1.37. The Hall–Kier alpha value is -5.64. The molecule has 2 atom stereocenters. The van der Waals surface area contributed by atoms with Crippen molar-refractivity contribution in [2.24, 2.45) is 5.41 Å². The summed E-state index contributed by atoms with van der Waals surface area (Å²) in [7, 11) is 0. The summed E-state index contributed by atoms with van der Waals surface area (Å²) in [5.74, 6) is -2.20. The number of rotatable bonds is 11. The summed E-state index contributed by atoms with van der Waals surface area (Å²) in [4.78, 5) is 25.8. The molecular weight excluding hydrogens is 758 g/mol. The molecule has 0 spiro atoms. The third-order valence-electron chi connectivity index (χ3n) is 8.06. The van der Waals surface area contributed by atoms with Crippen molar-refractivity contribution in [3.05, 3.63) is 91.9 Å². The van der Waals surface area contributed by atoms with E-state index in [0.29, 0.717) is 0 Å². The Kier molecular flexibility index (Phi) is 9.86. The number of carbonyl (C=O) groups is 2. The standard InChI is InChI=1S/C34H22Cl4N8O6/c1-34(2,31(33(49)50)46-25-6-4-23(38)30(28(25)42-44-46)52-21-10-17(15-40)8-19(36)12-21)13-26(32(47)48)45-24-5-3-22(37)29(27(24)41-43-45)51-20-9-16(14-39)7-18(35)11-20/h3-12,26,31H,13H2,1-2H3,(H,47,48)(H,49,50). The summed E-state index contributed by atoms with van der Waals surface area (Å²) in [5.41, 5.74) is -0.217. The van der Waals surface area contributed by atoms with E-state index < -0.39 is 29.4 Å². The number of hydrogen-bond acceptors (Lipinski definition) is 10. The van der Waals surface area contributed by atoms with Gasteiger partial charge in [0.2, 0.25) is 0 Å². The Morgan fingerprint density at radius 3 is 1.65 bits per heavy atom. The zero-order valence-corrected chi connectivity index (χ0v) is 29.8. The van der Waals surface area contributed by atoms with Gasteiger partial charge in [-0.2, -0.15) is 10.5 Å². The number of carboxylic acids is 2. The van der Waals surface area contributed by atoms with Gasteiger partial charge in [0, 0.05) is 15.5 Å². The van der Waals surface area contributed by atoms with Crippen LogP contribution in [0.25, 0.3) is 22.1 Å². The van der Waals surface area contributed by atoms with Crippen LogP contribution in [-0.2, 0) is 9.59 Å². The first-order chi connectivity index (χ1) is 24.7. The average molecular weight is 780 g/mol. The number of fused-ring (bicyclic) bond motifs is 2. The van der Waals surface area contributed by atoms with Crippen molar-refractivity contribution in [1.82, 2.24) is 30.0 Å². The van der Waals surface area contributed by atoms with Gasteiger partial charge in [-0.1, -0.05) is 70.7 Å². The monoisotopic (exact) mass is 778 g/mol. The number of aromatic nitrogens is 6.